The fraction of sp³-hybridized carbons (Fsp3) is 0.0690. The van der Waals surface area contributed by atoms with Crippen LogP contribution in [0.3, 0.4) is 0 Å². The van der Waals surface area contributed by atoms with Crippen LogP contribution in [0.5, 0.6) is 0 Å². The molecule has 37 heavy (non-hydrogen) atoms. The van der Waals surface area contributed by atoms with Gasteiger partial charge in [-0.1, -0.05) is 17.9 Å². The van der Waals surface area contributed by atoms with Crippen LogP contribution in [-0.4, -0.2) is 23.5 Å². The van der Waals surface area contributed by atoms with Gasteiger partial charge in [-0.2, -0.15) is 0 Å². The Bertz CT molecular complexity index is 1450. The molecule has 0 atom stereocenters. The van der Waals surface area contributed by atoms with Gasteiger partial charge in [-0.3, -0.25) is 9.78 Å². The first-order valence-electron chi connectivity index (χ1n) is 11.4. The van der Waals surface area contributed by atoms with E-state index in [1.807, 2.05) is 12.1 Å². The first-order valence-corrected chi connectivity index (χ1v) is 11.4. The number of nitrogens with one attached hydrogen (secondary N) is 3. The monoisotopic (exact) mass is 496 g/mol. The number of hydrogen-bond donors (Lipinski definition) is 3. The van der Waals surface area contributed by atoms with Crippen LogP contribution in [-0.2, 0) is 6.42 Å². The van der Waals surface area contributed by atoms with Gasteiger partial charge < -0.3 is 16.0 Å². The van der Waals surface area contributed by atoms with Gasteiger partial charge in [0, 0.05) is 35.8 Å². The highest BCUT2D eigenvalue weighted by Crippen LogP contribution is 2.21. The van der Waals surface area contributed by atoms with Crippen molar-refractivity contribution in [1.29, 1.82) is 0 Å². The van der Waals surface area contributed by atoms with Crippen molar-refractivity contribution in [2.45, 2.75) is 6.42 Å². The van der Waals surface area contributed by atoms with Crippen LogP contribution in [0.1, 0.15) is 27.0 Å². The molecule has 3 N–H and O–H groups in total. The van der Waals surface area contributed by atoms with Crippen LogP contribution in [0.4, 0.5) is 25.0 Å². The molecule has 0 aliphatic carbocycles. The summed E-state index contributed by atoms with van der Waals surface area (Å²) < 4.78 is 26.5. The minimum atomic E-state index is -0.448. The predicted molar refractivity (Wildman–Crippen MR) is 138 cm³/mol. The van der Waals surface area contributed by atoms with Crippen molar-refractivity contribution in [1.82, 2.24) is 10.3 Å². The lowest BCUT2D eigenvalue weighted by atomic mass is 10.1. The summed E-state index contributed by atoms with van der Waals surface area (Å²) in [5, 5.41) is 8.31. The summed E-state index contributed by atoms with van der Waals surface area (Å²) in [5.74, 6) is 4.63. The molecule has 3 amide bonds. The number of carbonyl (C=O) groups is 2. The normalized spacial score (nSPS) is 10.1. The third-order valence-corrected chi connectivity index (χ3v) is 5.24. The summed E-state index contributed by atoms with van der Waals surface area (Å²) in [6.45, 7) is 0.417. The molecule has 0 spiro atoms. The third kappa shape index (κ3) is 7.47. The second-order valence-electron chi connectivity index (χ2n) is 7.97. The van der Waals surface area contributed by atoms with E-state index in [9.17, 15) is 18.4 Å². The van der Waals surface area contributed by atoms with Gasteiger partial charge in [0.1, 0.15) is 11.6 Å². The van der Waals surface area contributed by atoms with E-state index in [2.05, 4.69) is 32.8 Å². The zero-order valence-electron chi connectivity index (χ0n) is 19.6. The summed E-state index contributed by atoms with van der Waals surface area (Å²) in [5.41, 5.74) is 3.13. The van der Waals surface area contributed by atoms with E-state index < -0.39 is 17.8 Å². The maximum absolute atomic E-state index is 13.2. The van der Waals surface area contributed by atoms with E-state index in [0.717, 1.165) is 5.56 Å². The first-order chi connectivity index (χ1) is 18.0. The summed E-state index contributed by atoms with van der Waals surface area (Å²) in [6.07, 6.45) is 4.06. The van der Waals surface area contributed by atoms with E-state index >= 15 is 0 Å². The van der Waals surface area contributed by atoms with E-state index in [0.29, 0.717) is 35.5 Å². The molecule has 0 aliphatic rings. The van der Waals surface area contributed by atoms with Crippen molar-refractivity contribution >= 4 is 23.3 Å². The van der Waals surface area contributed by atoms with E-state index in [4.69, 9.17) is 0 Å². The molecule has 0 aliphatic heterocycles. The summed E-state index contributed by atoms with van der Waals surface area (Å²) >= 11 is 0. The van der Waals surface area contributed by atoms with E-state index in [1.165, 1.54) is 48.5 Å². The van der Waals surface area contributed by atoms with Gasteiger partial charge in [0.15, 0.2) is 0 Å². The molecule has 1 heterocycles. The van der Waals surface area contributed by atoms with E-state index in [1.54, 1.807) is 30.6 Å². The largest absolute Gasteiger partial charge is 0.338 e. The van der Waals surface area contributed by atoms with Gasteiger partial charge in [-0.05, 0) is 84.8 Å². The summed E-state index contributed by atoms with van der Waals surface area (Å²) in [4.78, 5) is 29.1. The number of anilines is 2. The van der Waals surface area contributed by atoms with Gasteiger partial charge in [0.05, 0.1) is 11.3 Å². The number of urea groups is 1. The second-order valence-corrected chi connectivity index (χ2v) is 7.97. The molecule has 0 bridgehead atoms. The number of carbonyl (C=O) groups excluding carboxylic acids is 2. The van der Waals surface area contributed by atoms with E-state index in [-0.39, 0.29) is 11.4 Å². The number of aromatic nitrogens is 1. The number of hydrogen-bond acceptors (Lipinski definition) is 3. The van der Waals surface area contributed by atoms with Crippen LogP contribution in [0, 0.1) is 23.5 Å². The highest BCUT2D eigenvalue weighted by Gasteiger charge is 2.11. The van der Waals surface area contributed by atoms with Crippen LogP contribution in [0.25, 0.3) is 0 Å². The Morgan fingerprint density at radius 3 is 2.27 bits per heavy atom. The first kappa shape index (κ1) is 25.1. The molecule has 4 rings (SSSR count). The molecule has 0 saturated carbocycles. The van der Waals surface area contributed by atoms with Gasteiger partial charge >= 0.3 is 6.03 Å². The van der Waals surface area contributed by atoms with Crippen LogP contribution < -0.4 is 16.0 Å². The highest BCUT2D eigenvalue weighted by atomic mass is 19.1. The predicted octanol–water partition coefficient (Wildman–Crippen LogP) is 5.38. The molecular weight excluding hydrogens is 474 g/mol. The molecular formula is C29H22F2N4O2. The smallest absolute Gasteiger partial charge is 0.319 e. The molecule has 0 fully saturated rings. The van der Waals surface area contributed by atoms with Gasteiger partial charge in [-0.25, -0.2) is 13.6 Å². The lowest BCUT2D eigenvalue weighted by molar-refractivity contribution is 0.102. The van der Waals surface area contributed by atoms with Crippen molar-refractivity contribution in [2.75, 3.05) is 17.2 Å². The number of halogens is 2. The Morgan fingerprint density at radius 2 is 1.57 bits per heavy atom. The fourth-order valence-corrected chi connectivity index (χ4v) is 3.34. The lowest BCUT2D eigenvalue weighted by Gasteiger charge is -2.12. The fourth-order valence-electron chi connectivity index (χ4n) is 3.34. The molecule has 1 aromatic heterocycles. The van der Waals surface area contributed by atoms with Crippen molar-refractivity contribution in [2.24, 2.45) is 0 Å². The molecule has 6 nitrogen and oxygen atoms in total. The molecule has 8 heteroatoms. The summed E-state index contributed by atoms with van der Waals surface area (Å²) in [7, 11) is 0. The Labute approximate surface area is 212 Å². The number of nitrogens with zero attached hydrogens (tertiary/aromatic N) is 1. The number of benzene rings is 3. The topological polar surface area (TPSA) is 83.1 Å². The van der Waals surface area contributed by atoms with Crippen LogP contribution in [0.15, 0.2) is 91.3 Å². The van der Waals surface area contributed by atoms with Crippen molar-refractivity contribution in [3.8, 4) is 11.8 Å². The maximum atomic E-state index is 13.2. The molecule has 3 aromatic carbocycles. The molecule has 4 aromatic rings. The standard InChI is InChI=1S/C29H22F2N4O2/c30-24-9-4-20(5-10-24)3-6-23-18-26(34-29(37)33-17-15-21-2-1-16-32-19-21)13-14-27(23)35-28(36)22-7-11-25(31)12-8-22/h1-2,4-5,7-14,16,18-19H,15,17H2,(H,35,36)(H2,33,34,37). The Morgan fingerprint density at radius 1 is 0.838 bits per heavy atom. The zero-order chi connectivity index (χ0) is 26.0. The minimum Gasteiger partial charge on any atom is -0.338 e. The Balaban J connectivity index is 1.50. The number of amides is 3. The van der Waals surface area contributed by atoms with Crippen molar-refractivity contribution in [3.05, 3.63) is 125 Å². The number of rotatable bonds is 6. The quantitative estimate of drug-likeness (QED) is 0.314. The van der Waals surface area contributed by atoms with Crippen molar-refractivity contribution in [3.63, 3.8) is 0 Å². The summed E-state index contributed by atoms with van der Waals surface area (Å²) in [6, 6.07) is 19.1. The van der Waals surface area contributed by atoms with Crippen LogP contribution in [0.2, 0.25) is 0 Å². The maximum Gasteiger partial charge on any atom is 0.319 e. The van der Waals surface area contributed by atoms with Gasteiger partial charge in [0.2, 0.25) is 0 Å². The van der Waals surface area contributed by atoms with Gasteiger partial charge in [-0.15, -0.1) is 0 Å². The average molecular weight is 497 g/mol. The van der Waals surface area contributed by atoms with Crippen LogP contribution >= 0.6 is 0 Å². The Kier molecular flexibility index (Phi) is 8.19. The SMILES string of the molecule is O=C(NCCc1cccnc1)Nc1ccc(NC(=O)c2ccc(F)cc2)c(C#Cc2ccc(F)cc2)c1. The number of pyridine rings is 1. The Hall–Kier alpha value is -5.03. The molecule has 0 saturated heterocycles. The highest BCUT2D eigenvalue weighted by molar-refractivity contribution is 6.05. The molecule has 0 unspecified atom stereocenters. The van der Waals surface area contributed by atoms with Gasteiger partial charge in [0.25, 0.3) is 5.91 Å². The molecule has 0 radical (unpaired) electrons. The third-order valence-electron chi connectivity index (χ3n) is 5.24. The van der Waals surface area contributed by atoms with Crippen molar-refractivity contribution < 1.29 is 18.4 Å². The lowest BCUT2D eigenvalue weighted by Crippen LogP contribution is -2.30. The molecule has 184 valence electrons. The minimum absolute atomic E-state index is 0.272. The second kappa shape index (κ2) is 12.1. The zero-order valence-corrected chi connectivity index (χ0v) is 19.6. The average Bonchev–Trinajstić information content (AvgIpc) is 2.90.